The molecule has 4 aliphatic rings. The number of thiophene rings is 1. The van der Waals surface area contributed by atoms with E-state index in [1.807, 2.05) is 11.3 Å². The summed E-state index contributed by atoms with van der Waals surface area (Å²) >= 11 is 4.76. The van der Waals surface area contributed by atoms with Gasteiger partial charge < -0.3 is 9.80 Å². The van der Waals surface area contributed by atoms with Crippen molar-refractivity contribution in [1.29, 1.82) is 0 Å². The minimum Gasteiger partial charge on any atom is -0.311 e. The highest BCUT2D eigenvalue weighted by Crippen LogP contribution is 2.53. The average molecular weight is 935 g/mol. The summed E-state index contributed by atoms with van der Waals surface area (Å²) in [5.41, 5.74) is 18.1. The Bertz CT molecular complexity index is 2650. The summed E-state index contributed by atoms with van der Waals surface area (Å²) in [6, 6.07) is 39.1. The number of benzene rings is 5. The smallest absolute Gasteiger partial charge is 0.264 e. The zero-order valence-electron chi connectivity index (χ0n) is 38.3. The van der Waals surface area contributed by atoms with Crippen LogP contribution in [0.4, 0.5) is 34.1 Å². The van der Waals surface area contributed by atoms with Gasteiger partial charge in [0.1, 0.15) is 0 Å². The Balaban J connectivity index is 1.31. The molecule has 0 amide bonds. The Labute approximate surface area is 384 Å². The first kappa shape index (κ1) is 41.5. The van der Waals surface area contributed by atoms with Crippen molar-refractivity contribution in [3.63, 3.8) is 0 Å². The van der Waals surface area contributed by atoms with Gasteiger partial charge in [0, 0.05) is 47.7 Å². The van der Waals surface area contributed by atoms with E-state index in [0.717, 1.165) is 11.8 Å². The van der Waals surface area contributed by atoms with Crippen molar-refractivity contribution in [3.05, 3.63) is 125 Å². The highest BCUT2D eigenvalue weighted by atomic mass is 127. The number of hydrogen-bond donors (Lipinski definition) is 0. The van der Waals surface area contributed by atoms with Crippen molar-refractivity contribution in [3.8, 4) is 0 Å². The monoisotopic (exact) mass is 934 g/mol. The molecule has 1 aromatic heterocycles. The molecule has 2 saturated carbocycles. The molecule has 5 aromatic carbocycles. The standard InChI is InChI=1S/C56H64BIN2S/c1-34-26-40(55(5,6)7)21-25-46(34)60-49-31-37(44-29-36-15-13-14-35(27-36)28-38(44)33-58)30-48-51(49)57(53-52(60)43-16-11-12-17-50(43)61-53)45-24-20-41(56(8,9)10)32-47(45)59(48)42-22-18-39(19-23-42)54(2,3)4/h11-12,16-26,30-32,35-36,38,44H,13-15,27-29,33H2,1-10H3. The number of rotatable bonds is 4. The lowest BCUT2D eigenvalue weighted by Gasteiger charge is -2.45. The van der Waals surface area contributed by atoms with Crippen molar-refractivity contribution < 1.29 is 0 Å². The summed E-state index contributed by atoms with van der Waals surface area (Å²) in [6.45, 7) is 23.6. The highest BCUT2D eigenvalue weighted by Gasteiger charge is 2.47. The Morgan fingerprint density at radius 2 is 1.26 bits per heavy atom. The molecule has 3 heterocycles. The molecule has 2 aliphatic carbocycles. The van der Waals surface area contributed by atoms with Gasteiger partial charge in [0.15, 0.2) is 0 Å². The van der Waals surface area contributed by atoms with Crippen LogP contribution in [0.5, 0.6) is 0 Å². The Morgan fingerprint density at radius 3 is 1.93 bits per heavy atom. The van der Waals surface area contributed by atoms with Crippen LogP contribution in [0.25, 0.3) is 10.1 Å². The van der Waals surface area contributed by atoms with E-state index >= 15 is 0 Å². The number of nitrogens with zero attached hydrogens (tertiary/aromatic N) is 2. The lowest BCUT2D eigenvalue weighted by molar-refractivity contribution is 0.266. The zero-order chi connectivity index (χ0) is 42.7. The quantitative estimate of drug-likeness (QED) is 0.0986. The molecule has 4 atom stereocenters. The molecule has 0 saturated heterocycles. The summed E-state index contributed by atoms with van der Waals surface area (Å²) in [6.07, 6.45) is 8.32. The van der Waals surface area contributed by atoms with Gasteiger partial charge in [0.2, 0.25) is 0 Å². The number of fused-ring (bicyclic) bond motifs is 8. The molecule has 6 aromatic rings. The second kappa shape index (κ2) is 15.0. The first-order chi connectivity index (χ1) is 29.0. The van der Waals surface area contributed by atoms with Crippen molar-refractivity contribution in [2.45, 2.75) is 130 Å². The Morgan fingerprint density at radius 1 is 0.639 bits per heavy atom. The number of alkyl halides is 1. The molecule has 0 N–H and O–H groups in total. The minimum atomic E-state index is 0.0125. The lowest BCUT2D eigenvalue weighted by atomic mass is 9.36. The number of anilines is 6. The summed E-state index contributed by atoms with van der Waals surface area (Å²) in [5, 5.41) is 1.36. The fourth-order valence-corrected chi connectivity index (χ4v) is 14.0. The van der Waals surface area contributed by atoms with Crippen molar-refractivity contribution in [2.24, 2.45) is 17.8 Å². The van der Waals surface area contributed by atoms with Crippen LogP contribution in [0.2, 0.25) is 0 Å². The summed E-state index contributed by atoms with van der Waals surface area (Å²) in [4.78, 5) is 5.42. The van der Waals surface area contributed by atoms with Crippen molar-refractivity contribution in [1.82, 2.24) is 0 Å². The van der Waals surface area contributed by atoms with E-state index in [1.165, 1.54) is 125 Å². The van der Waals surface area contributed by atoms with Crippen molar-refractivity contribution in [2.75, 3.05) is 14.2 Å². The summed E-state index contributed by atoms with van der Waals surface area (Å²) < 4.78 is 4.04. The van der Waals surface area contributed by atoms with Crippen LogP contribution >= 0.6 is 33.9 Å². The van der Waals surface area contributed by atoms with E-state index in [1.54, 1.807) is 5.56 Å². The van der Waals surface area contributed by atoms with E-state index in [-0.39, 0.29) is 23.0 Å². The largest absolute Gasteiger partial charge is 0.311 e. The second-order valence-electron chi connectivity index (χ2n) is 22.4. The Hall–Kier alpha value is -3.55. The minimum absolute atomic E-state index is 0.0125. The van der Waals surface area contributed by atoms with Gasteiger partial charge in [0.25, 0.3) is 6.71 Å². The maximum atomic E-state index is 2.75. The molecular formula is C56H64BIN2S. The predicted octanol–water partition coefficient (Wildman–Crippen LogP) is 14.9. The van der Waals surface area contributed by atoms with Crippen LogP contribution < -0.4 is 25.5 Å². The summed E-state index contributed by atoms with van der Waals surface area (Å²) in [5.74, 6) is 2.91. The highest BCUT2D eigenvalue weighted by molar-refractivity contribution is 14.1. The summed E-state index contributed by atoms with van der Waals surface area (Å²) in [7, 11) is 0. The van der Waals surface area contributed by atoms with Crippen LogP contribution in [0.3, 0.4) is 0 Å². The second-order valence-corrected chi connectivity index (χ2v) is 24.3. The van der Waals surface area contributed by atoms with Gasteiger partial charge in [-0.2, -0.15) is 0 Å². The van der Waals surface area contributed by atoms with Crippen LogP contribution in [-0.2, 0) is 16.2 Å². The van der Waals surface area contributed by atoms with Crippen LogP contribution in [0, 0.1) is 24.7 Å². The lowest BCUT2D eigenvalue weighted by Crippen LogP contribution is -2.60. The zero-order valence-corrected chi connectivity index (χ0v) is 41.2. The van der Waals surface area contributed by atoms with E-state index in [2.05, 4.69) is 199 Å². The van der Waals surface area contributed by atoms with Gasteiger partial charge >= 0.3 is 0 Å². The SMILES string of the molecule is Cc1cc(C(C)(C)C)ccc1N1c2cc(C3CC4CCCC(C4)CC3CI)cc3c2B(c2ccc(C(C)(C)C)cc2N3c2ccc(C(C)(C)C)cc2)c2sc3ccccc3c21. The average Bonchev–Trinajstić information content (AvgIpc) is 3.54. The van der Waals surface area contributed by atoms with E-state index in [0.29, 0.717) is 11.8 Å². The third-order valence-corrected chi connectivity index (χ3v) is 17.4. The number of aryl methyl sites for hydroxylation is 1. The molecule has 10 rings (SSSR count). The normalized spacial score (nSPS) is 21.3. The molecule has 5 heteroatoms. The van der Waals surface area contributed by atoms with Crippen LogP contribution in [0.1, 0.15) is 135 Å². The van der Waals surface area contributed by atoms with Crippen LogP contribution in [-0.4, -0.2) is 11.1 Å². The van der Waals surface area contributed by atoms with Gasteiger partial charge in [-0.3, -0.25) is 0 Å². The maximum absolute atomic E-state index is 2.75. The topological polar surface area (TPSA) is 6.48 Å². The molecular weight excluding hydrogens is 870 g/mol. The van der Waals surface area contributed by atoms with Gasteiger partial charge in [0.05, 0.1) is 5.69 Å². The Kier molecular flexibility index (Phi) is 10.2. The molecule has 2 bridgehead atoms. The molecule has 61 heavy (non-hydrogen) atoms. The molecule has 2 aliphatic heterocycles. The van der Waals surface area contributed by atoms with Gasteiger partial charge in [-0.1, -0.05) is 159 Å². The third-order valence-electron chi connectivity index (χ3n) is 15.1. The van der Waals surface area contributed by atoms with Crippen molar-refractivity contribution >= 4 is 101 Å². The first-order valence-electron chi connectivity index (χ1n) is 23.2. The fraction of sp³-hybridized carbons (Fsp3) is 0.429. The van der Waals surface area contributed by atoms with E-state index in [4.69, 9.17) is 0 Å². The third kappa shape index (κ3) is 7.11. The first-order valence-corrected chi connectivity index (χ1v) is 25.6. The number of halogens is 1. The molecule has 2 nitrogen and oxygen atoms in total. The van der Waals surface area contributed by atoms with Crippen LogP contribution in [0.15, 0.2) is 97.1 Å². The molecule has 314 valence electrons. The van der Waals surface area contributed by atoms with Gasteiger partial charge in [-0.25, -0.2) is 0 Å². The predicted molar refractivity (Wildman–Crippen MR) is 276 cm³/mol. The van der Waals surface area contributed by atoms with E-state index < -0.39 is 0 Å². The van der Waals surface area contributed by atoms with Gasteiger partial charge in [-0.05, 0) is 147 Å². The molecule has 0 radical (unpaired) electrons. The fourth-order valence-electron chi connectivity index (χ4n) is 11.7. The number of hydrogen-bond acceptors (Lipinski definition) is 3. The van der Waals surface area contributed by atoms with Gasteiger partial charge in [-0.15, -0.1) is 11.3 Å². The maximum Gasteiger partial charge on any atom is 0.264 e. The molecule has 4 unspecified atom stereocenters. The van der Waals surface area contributed by atoms with E-state index in [9.17, 15) is 0 Å². The molecule has 0 spiro atoms. The molecule has 2 fully saturated rings.